The van der Waals surface area contributed by atoms with Crippen LogP contribution in [0.1, 0.15) is 35.6 Å². The van der Waals surface area contributed by atoms with Crippen LogP contribution >= 0.6 is 0 Å². The van der Waals surface area contributed by atoms with Crippen molar-refractivity contribution in [2.45, 2.75) is 26.2 Å². The average molecular weight is 332 g/mol. The van der Waals surface area contributed by atoms with Crippen molar-refractivity contribution in [1.82, 2.24) is 14.9 Å². The second-order valence-corrected chi connectivity index (χ2v) is 5.79. The van der Waals surface area contributed by atoms with Gasteiger partial charge in [0.05, 0.1) is 5.69 Å². The molecule has 1 aliphatic rings. The fraction of sp³-hybridized carbons (Fsp3) is 0.353. The lowest BCUT2D eigenvalue weighted by molar-refractivity contribution is 0.0718. The number of hydrogen-bond donors (Lipinski definition) is 1. The molecule has 1 aromatic heterocycles. The lowest BCUT2D eigenvalue weighted by Gasteiger charge is -2.26. The van der Waals surface area contributed by atoms with E-state index in [0.29, 0.717) is 11.6 Å². The number of aromatic nitrogens is 2. The van der Waals surface area contributed by atoms with Crippen LogP contribution in [0.2, 0.25) is 0 Å². The highest BCUT2D eigenvalue weighted by atomic mass is 19.1. The van der Waals surface area contributed by atoms with Gasteiger partial charge >= 0.3 is 0 Å². The lowest BCUT2D eigenvalue weighted by atomic mass is 10.1. The van der Waals surface area contributed by atoms with Crippen LogP contribution in [0.15, 0.2) is 24.3 Å². The van der Waals surface area contributed by atoms with Gasteiger partial charge in [0.15, 0.2) is 0 Å². The number of anilines is 2. The number of likely N-dealkylation sites (tertiary alicyclic amines) is 1. The second kappa shape index (κ2) is 6.90. The van der Waals surface area contributed by atoms with Crippen molar-refractivity contribution in [2.75, 3.05) is 18.4 Å². The number of rotatable bonds is 3. The van der Waals surface area contributed by atoms with Gasteiger partial charge in [0.1, 0.15) is 29.0 Å². The Bertz CT molecular complexity index is 760. The van der Waals surface area contributed by atoms with Crippen LogP contribution in [-0.2, 0) is 0 Å². The number of amides is 1. The van der Waals surface area contributed by atoms with Crippen molar-refractivity contribution in [3.63, 3.8) is 0 Å². The van der Waals surface area contributed by atoms with E-state index >= 15 is 0 Å². The van der Waals surface area contributed by atoms with E-state index in [1.807, 2.05) is 0 Å². The molecule has 5 nitrogen and oxygen atoms in total. The van der Waals surface area contributed by atoms with Crippen LogP contribution in [-0.4, -0.2) is 33.9 Å². The van der Waals surface area contributed by atoms with Crippen LogP contribution in [0.4, 0.5) is 20.3 Å². The Morgan fingerprint density at radius 1 is 1.12 bits per heavy atom. The third-order valence-electron chi connectivity index (χ3n) is 3.89. The molecule has 2 aromatic rings. The van der Waals surface area contributed by atoms with Gasteiger partial charge < -0.3 is 10.2 Å². The average Bonchev–Trinajstić information content (AvgIpc) is 2.57. The maximum absolute atomic E-state index is 13.8. The van der Waals surface area contributed by atoms with Crippen molar-refractivity contribution in [3.05, 3.63) is 47.4 Å². The van der Waals surface area contributed by atoms with E-state index in [1.54, 1.807) is 11.8 Å². The van der Waals surface area contributed by atoms with Gasteiger partial charge in [-0.25, -0.2) is 18.7 Å². The molecule has 1 fully saturated rings. The van der Waals surface area contributed by atoms with Crippen molar-refractivity contribution in [3.8, 4) is 0 Å². The first-order valence-corrected chi connectivity index (χ1v) is 7.90. The van der Waals surface area contributed by atoms with Gasteiger partial charge in [-0.15, -0.1) is 0 Å². The number of benzene rings is 1. The number of aryl methyl sites for hydroxylation is 1. The molecule has 1 aromatic carbocycles. The van der Waals surface area contributed by atoms with Crippen molar-refractivity contribution in [1.29, 1.82) is 0 Å². The maximum Gasteiger partial charge on any atom is 0.272 e. The molecule has 7 heteroatoms. The van der Waals surface area contributed by atoms with Crippen LogP contribution in [0.5, 0.6) is 0 Å². The number of hydrogen-bond acceptors (Lipinski definition) is 4. The highest BCUT2D eigenvalue weighted by Crippen LogP contribution is 2.21. The molecule has 126 valence electrons. The predicted octanol–water partition coefficient (Wildman–Crippen LogP) is 3.43. The minimum absolute atomic E-state index is 0.0888. The van der Waals surface area contributed by atoms with Crippen molar-refractivity contribution >= 4 is 17.4 Å². The van der Waals surface area contributed by atoms with Crippen LogP contribution < -0.4 is 5.32 Å². The van der Waals surface area contributed by atoms with Crippen molar-refractivity contribution in [2.24, 2.45) is 0 Å². The smallest absolute Gasteiger partial charge is 0.272 e. The highest BCUT2D eigenvalue weighted by molar-refractivity contribution is 5.93. The summed E-state index contributed by atoms with van der Waals surface area (Å²) in [5.41, 5.74) is 0.361. The molecule has 3 rings (SSSR count). The lowest BCUT2D eigenvalue weighted by Crippen LogP contribution is -2.36. The van der Waals surface area contributed by atoms with Gasteiger partial charge in [-0.3, -0.25) is 4.79 Å². The van der Waals surface area contributed by atoms with Gasteiger partial charge in [-0.1, -0.05) is 0 Å². The molecule has 0 radical (unpaired) electrons. The molecule has 1 aliphatic heterocycles. The summed E-state index contributed by atoms with van der Waals surface area (Å²) in [6, 6.07) is 4.72. The van der Waals surface area contributed by atoms with Gasteiger partial charge in [0, 0.05) is 25.2 Å². The Morgan fingerprint density at radius 3 is 2.58 bits per heavy atom. The zero-order chi connectivity index (χ0) is 17.1. The third kappa shape index (κ3) is 3.67. The molecular weight excluding hydrogens is 314 g/mol. The quantitative estimate of drug-likeness (QED) is 0.935. The topological polar surface area (TPSA) is 58.1 Å². The molecule has 1 saturated heterocycles. The van der Waals surface area contributed by atoms with E-state index in [2.05, 4.69) is 15.3 Å². The molecule has 24 heavy (non-hydrogen) atoms. The number of nitrogens with zero attached hydrogens (tertiary/aromatic N) is 3. The number of carbonyl (C=O) groups is 1. The zero-order valence-electron chi connectivity index (χ0n) is 13.4. The molecule has 1 amide bonds. The summed E-state index contributed by atoms with van der Waals surface area (Å²) >= 11 is 0. The minimum Gasteiger partial charge on any atom is -0.338 e. The van der Waals surface area contributed by atoms with Crippen LogP contribution in [0.3, 0.4) is 0 Å². The van der Waals surface area contributed by atoms with E-state index in [9.17, 15) is 13.6 Å². The summed E-state index contributed by atoms with van der Waals surface area (Å²) in [4.78, 5) is 22.7. The monoisotopic (exact) mass is 332 g/mol. The minimum atomic E-state index is -0.727. The van der Waals surface area contributed by atoms with E-state index in [-0.39, 0.29) is 17.3 Å². The Labute approximate surface area is 138 Å². The predicted molar refractivity (Wildman–Crippen MR) is 86.2 cm³/mol. The summed E-state index contributed by atoms with van der Waals surface area (Å²) in [5, 5.41) is 2.77. The van der Waals surface area contributed by atoms with E-state index < -0.39 is 11.6 Å². The van der Waals surface area contributed by atoms with Crippen LogP contribution in [0, 0.1) is 18.6 Å². The summed E-state index contributed by atoms with van der Waals surface area (Å²) in [6.07, 6.45) is 3.10. The van der Waals surface area contributed by atoms with Crippen molar-refractivity contribution < 1.29 is 13.6 Å². The summed E-state index contributed by atoms with van der Waals surface area (Å²) in [5.74, 6) is -0.827. The number of halogens is 2. The molecule has 0 spiro atoms. The molecule has 0 bridgehead atoms. The maximum atomic E-state index is 13.8. The number of carbonyl (C=O) groups excluding carboxylic acids is 1. The first kappa shape index (κ1) is 16.3. The normalized spacial score (nSPS) is 14.5. The Morgan fingerprint density at radius 2 is 1.88 bits per heavy atom. The summed E-state index contributed by atoms with van der Waals surface area (Å²) in [7, 11) is 0. The van der Waals surface area contributed by atoms with Gasteiger partial charge in [0.25, 0.3) is 5.91 Å². The largest absolute Gasteiger partial charge is 0.338 e. The molecule has 2 heterocycles. The molecule has 1 N–H and O–H groups in total. The Balaban J connectivity index is 1.84. The van der Waals surface area contributed by atoms with Gasteiger partial charge in [-0.2, -0.15) is 0 Å². The summed E-state index contributed by atoms with van der Waals surface area (Å²) in [6.45, 7) is 3.10. The number of piperidine rings is 1. The van der Waals surface area contributed by atoms with E-state index in [4.69, 9.17) is 0 Å². The Kier molecular flexibility index (Phi) is 4.69. The van der Waals surface area contributed by atoms with Gasteiger partial charge in [0.2, 0.25) is 0 Å². The Hall–Kier alpha value is -2.57. The molecule has 0 unspecified atom stereocenters. The molecule has 0 saturated carbocycles. The first-order chi connectivity index (χ1) is 11.5. The van der Waals surface area contributed by atoms with E-state index in [0.717, 1.165) is 44.5 Å². The molecule has 0 aliphatic carbocycles. The summed E-state index contributed by atoms with van der Waals surface area (Å²) < 4.78 is 26.7. The zero-order valence-corrected chi connectivity index (χ0v) is 13.4. The highest BCUT2D eigenvalue weighted by Gasteiger charge is 2.20. The SMILES string of the molecule is Cc1nc(Nc2ccc(F)cc2F)cc(C(=O)N2CCCCC2)n1. The molecular formula is C17H18F2N4O. The second-order valence-electron chi connectivity index (χ2n) is 5.79. The fourth-order valence-electron chi connectivity index (χ4n) is 2.73. The number of nitrogens with one attached hydrogen (secondary N) is 1. The fourth-order valence-corrected chi connectivity index (χ4v) is 2.73. The first-order valence-electron chi connectivity index (χ1n) is 7.90. The third-order valence-corrected chi connectivity index (χ3v) is 3.89. The molecule has 0 atom stereocenters. The standard InChI is InChI=1S/C17H18F2N4O/c1-11-20-15(17(24)23-7-3-2-4-8-23)10-16(21-11)22-14-6-5-12(18)9-13(14)19/h5-6,9-10H,2-4,7-8H2,1H3,(H,20,21,22). The van der Waals surface area contributed by atoms with E-state index in [1.165, 1.54) is 12.1 Å². The van der Waals surface area contributed by atoms with Crippen LogP contribution in [0.25, 0.3) is 0 Å². The van der Waals surface area contributed by atoms with Gasteiger partial charge in [-0.05, 0) is 38.3 Å².